The normalized spacial score (nSPS) is 53.5. The summed E-state index contributed by atoms with van der Waals surface area (Å²) in [6, 6.07) is 0. The molecule has 0 aromatic carbocycles. The molecule has 120 valence electrons. The quantitative estimate of drug-likeness (QED) is 0.736. The number of hydrogen-bond donors (Lipinski definition) is 1. The number of fused-ring (bicyclic) bond motifs is 5. The Morgan fingerprint density at radius 2 is 1.95 bits per heavy atom. The van der Waals surface area contributed by atoms with Crippen LogP contribution in [0.5, 0.6) is 0 Å². The number of aliphatic hydroxyl groups is 1. The average molecular weight is 300 g/mol. The van der Waals surface area contributed by atoms with Gasteiger partial charge in [-0.25, -0.2) is 0 Å². The molecule has 0 aliphatic heterocycles. The van der Waals surface area contributed by atoms with E-state index in [0.29, 0.717) is 23.5 Å². The van der Waals surface area contributed by atoms with Gasteiger partial charge in [0.1, 0.15) is 0 Å². The Morgan fingerprint density at radius 1 is 1.18 bits per heavy atom. The third kappa shape index (κ3) is 1.73. The maximum absolute atomic E-state index is 12.1. The minimum absolute atomic E-state index is 0.110. The fourth-order valence-electron chi connectivity index (χ4n) is 6.31. The van der Waals surface area contributed by atoms with Gasteiger partial charge in [0.15, 0.2) is 5.78 Å². The summed E-state index contributed by atoms with van der Waals surface area (Å²) >= 11 is 0. The summed E-state index contributed by atoms with van der Waals surface area (Å²) in [5.41, 5.74) is 1.53. The Morgan fingerprint density at radius 3 is 2.73 bits per heavy atom. The molecule has 4 aliphatic carbocycles. The fraction of sp³-hybridized carbons (Fsp3) is 0.750. The van der Waals surface area contributed by atoms with Crippen LogP contribution in [0.15, 0.2) is 23.8 Å². The molecule has 1 N–H and O–H groups in total. The van der Waals surface area contributed by atoms with E-state index in [1.54, 1.807) is 0 Å². The summed E-state index contributed by atoms with van der Waals surface area (Å²) in [7, 11) is 0. The minimum atomic E-state index is -0.122. The second-order valence-corrected chi connectivity index (χ2v) is 8.81. The van der Waals surface area contributed by atoms with Crippen LogP contribution in [0.25, 0.3) is 0 Å². The first kappa shape index (κ1) is 14.7. The maximum atomic E-state index is 12.1. The van der Waals surface area contributed by atoms with Crippen LogP contribution in [0.4, 0.5) is 0 Å². The van der Waals surface area contributed by atoms with Gasteiger partial charge in [0.05, 0.1) is 6.10 Å². The molecule has 4 aliphatic rings. The molecule has 2 nitrogen and oxygen atoms in total. The number of aliphatic hydroxyl groups excluding tert-OH is 1. The summed E-state index contributed by atoms with van der Waals surface area (Å²) in [6.07, 6.45) is 11.9. The highest BCUT2D eigenvalue weighted by molar-refractivity contribution is 5.94. The van der Waals surface area contributed by atoms with Gasteiger partial charge in [-0.15, -0.1) is 0 Å². The van der Waals surface area contributed by atoms with Crippen molar-refractivity contribution in [3.05, 3.63) is 23.8 Å². The van der Waals surface area contributed by atoms with E-state index >= 15 is 0 Å². The molecule has 0 aromatic heterocycles. The molecule has 2 unspecified atom stereocenters. The van der Waals surface area contributed by atoms with Gasteiger partial charge in [-0.3, -0.25) is 4.79 Å². The molecule has 2 saturated carbocycles. The second kappa shape index (κ2) is 4.56. The predicted molar refractivity (Wildman–Crippen MR) is 87.2 cm³/mol. The maximum Gasteiger partial charge on any atom is 0.158 e. The molecule has 2 heteroatoms. The molecule has 0 aromatic rings. The number of carbonyl (C=O) groups is 1. The highest BCUT2D eigenvalue weighted by atomic mass is 16.3. The van der Waals surface area contributed by atoms with Crippen LogP contribution in [-0.2, 0) is 4.79 Å². The van der Waals surface area contributed by atoms with Crippen molar-refractivity contribution >= 4 is 5.78 Å². The van der Waals surface area contributed by atoms with E-state index in [2.05, 4.69) is 32.9 Å². The molecular formula is C20H28O2. The van der Waals surface area contributed by atoms with E-state index in [-0.39, 0.29) is 22.9 Å². The van der Waals surface area contributed by atoms with E-state index in [1.165, 1.54) is 12.0 Å². The number of ketones is 1. The molecule has 0 amide bonds. The second-order valence-electron chi connectivity index (χ2n) is 8.81. The first-order valence-electron chi connectivity index (χ1n) is 8.98. The van der Waals surface area contributed by atoms with E-state index in [1.807, 2.05) is 6.08 Å². The van der Waals surface area contributed by atoms with Gasteiger partial charge in [0, 0.05) is 5.92 Å². The summed E-state index contributed by atoms with van der Waals surface area (Å²) < 4.78 is 0. The smallest absolute Gasteiger partial charge is 0.158 e. The molecule has 0 bridgehead atoms. The van der Waals surface area contributed by atoms with Gasteiger partial charge in [-0.05, 0) is 72.3 Å². The zero-order chi connectivity index (χ0) is 15.7. The Balaban J connectivity index is 1.75. The lowest BCUT2D eigenvalue weighted by Gasteiger charge is -2.56. The average Bonchev–Trinajstić information content (AvgIpc) is 2.77. The lowest BCUT2D eigenvalue weighted by atomic mass is 9.48. The Kier molecular flexibility index (Phi) is 3.05. The lowest BCUT2D eigenvalue weighted by molar-refractivity contribution is -0.120. The highest BCUT2D eigenvalue weighted by Gasteiger charge is 2.58. The minimum Gasteiger partial charge on any atom is -0.393 e. The lowest BCUT2D eigenvalue weighted by Crippen LogP contribution is -2.50. The van der Waals surface area contributed by atoms with Crippen LogP contribution in [0, 0.1) is 34.5 Å². The standard InChI is InChI=1S/C20H28O2/c1-12-11-20(3)13(10-17(12)21)4-5-14-15-6-7-18(22)19(15,2)9-8-16(14)20/h4-5,10,12,14-16,18,22H,6-9,11H2,1-3H3/t12?,14-,15-,16-,18?,19-,20-/m0/s1. The Bertz CT molecular complexity index is 574. The molecule has 0 radical (unpaired) electrons. The van der Waals surface area contributed by atoms with Gasteiger partial charge in [0.25, 0.3) is 0 Å². The van der Waals surface area contributed by atoms with Gasteiger partial charge >= 0.3 is 0 Å². The van der Waals surface area contributed by atoms with Crippen molar-refractivity contribution in [1.82, 2.24) is 0 Å². The van der Waals surface area contributed by atoms with Gasteiger partial charge in [0.2, 0.25) is 0 Å². The van der Waals surface area contributed by atoms with Crippen LogP contribution >= 0.6 is 0 Å². The Hall–Kier alpha value is -0.890. The van der Waals surface area contributed by atoms with Crippen LogP contribution < -0.4 is 0 Å². The van der Waals surface area contributed by atoms with E-state index < -0.39 is 0 Å². The largest absolute Gasteiger partial charge is 0.393 e. The van der Waals surface area contributed by atoms with E-state index in [0.717, 1.165) is 25.7 Å². The van der Waals surface area contributed by atoms with Crippen molar-refractivity contribution in [3.63, 3.8) is 0 Å². The highest BCUT2D eigenvalue weighted by Crippen LogP contribution is 2.63. The van der Waals surface area contributed by atoms with E-state index in [9.17, 15) is 9.90 Å². The fourth-order valence-corrected chi connectivity index (χ4v) is 6.31. The third-order valence-corrected chi connectivity index (χ3v) is 7.77. The summed E-state index contributed by atoms with van der Waals surface area (Å²) in [5.74, 6) is 2.29. The number of rotatable bonds is 0. The first-order valence-corrected chi connectivity index (χ1v) is 8.98. The van der Waals surface area contributed by atoms with E-state index in [4.69, 9.17) is 0 Å². The van der Waals surface area contributed by atoms with Crippen molar-refractivity contribution in [2.75, 3.05) is 0 Å². The van der Waals surface area contributed by atoms with Crippen LogP contribution in [-0.4, -0.2) is 17.0 Å². The van der Waals surface area contributed by atoms with Crippen molar-refractivity contribution in [3.8, 4) is 0 Å². The summed E-state index contributed by atoms with van der Waals surface area (Å²) in [6.45, 7) is 6.78. The molecule has 0 spiro atoms. The Labute approximate surface area is 133 Å². The molecule has 4 rings (SSSR count). The van der Waals surface area contributed by atoms with Crippen molar-refractivity contribution < 1.29 is 9.90 Å². The number of allylic oxidation sites excluding steroid dienone is 4. The molecule has 2 fully saturated rings. The van der Waals surface area contributed by atoms with Gasteiger partial charge < -0.3 is 5.11 Å². The SMILES string of the molecule is CC1C[C@@]2(C)C(=CC1=O)C=C[C@@H]1[C@@H]2CC[C@]2(C)C(O)CC[C@@H]12. The van der Waals surface area contributed by atoms with Gasteiger partial charge in [-0.2, -0.15) is 0 Å². The third-order valence-electron chi connectivity index (χ3n) is 7.77. The number of carbonyl (C=O) groups excluding carboxylic acids is 1. The monoisotopic (exact) mass is 300 g/mol. The van der Waals surface area contributed by atoms with Crippen LogP contribution in [0.3, 0.4) is 0 Å². The molecule has 22 heavy (non-hydrogen) atoms. The molecule has 0 heterocycles. The summed E-state index contributed by atoms with van der Waals surface area (Å²) in [5, 5.41) is 10.5. The van der Waals surface area contributed by atoms with Crippen molar-refractivity contribution in [2.45, 2.75) is 59.0 Å². The molecule has 7 atom stereocenters. The predicted octanol–water partition coefficient (Wildman–Crippen LogP) is 3.90. The molecule has 0 saturated heterocycles. The topological polar surface area (TPSA) is 37.3 Å². The van der Waals surface area contributed by atoms with Crippen molar-refractivity contribution in [1.29, 1.82) is 0 Å². The zero-order valence-electron chi connectivity index (χ0n) is 14.0. The first-order chi connectivity index (χ1) is 10.4. The zero-order valence-corrected chi connectivity index (χ0v) is 14.0. The van der Waals surface area contributed by atoms with Crippen LogP contribution in [0.1, 0.15) is 52.9 Å². The van der Waals surface area contributed by atoms with Crippen LogP contribution in [0.2, 0.25) is 0 Å². The number of hydrogen-bond acceptors (Lipinski definition) is 2. The summed E-state index contributed by atoms with van der Waals surface area (Å²) in [4.78, 5) is 12.1. The van der Waals surface area contributed by atoms with Gasteiger partial charge in [-0.1, -0.05) is 32.9 Å². The molecular weight excluding hydrogens is 272 g/mol. The van der Waals surface area contributed by atoms with Crippen molar-refractivity contribution in [2.24, 2.45) is 34.5 Å².